The SMILES string of the molecule is CCCOC(=O)OC1=C(c2cc(Oc3ccc(C)cc3F)ccc2CC)C(=O)C(C)(C)OC1(C)C. The Morgan fingerprint density at radius 2 is 1.74 bits per heavy atom. The molecule has 0 aromatic heterocycles. The van der Waals surface area contributed by atoms with E-state index in [1.165, 1.54) is 6.07 Å². The molecule has 7 heteroatoms. The van der Waals surface area contributed by atoms with Crippen molar-refractivity contribution in [3.63, 3.8) is 0 Å². The van der Waals surface area contributed by atoms with Crippen LogP contribution < -0.4 is 4.74 Å². The minimum Gasteiger partial charge on any atom is -0.454 e. The lowest BCUT2D eigenvalue weighted by Gasteiger charge is -2.42. The molecule has 1 aliphatic heterocycles. The van der Waals surface area contributed by atoms with Crippen molar-refractivity contribution in [1.29, 1.82) is 0 Å². The van der Waals surface area contributed by atoms with Gasteiger partial charge in [-0.1, -0.05) is 26.0 Å². The summed E-state index contributed by atoms with van der Waals surface area (Å²) in [5, 5.41) is 0. The number of hydrogen-bond acceptors (Lipinski definition) is 6. The van der Waals surface area contributed by atoms with Gasteiger partial charge in [0.15, 0.2) is 23.1 Å². The molecule has 3 rings (SSSR count). The maximum Gasteiger partial charge on any atom is 0.513 e. The van der Waals surface area contributed by atoms with Gasteiger partial charge in [0.2, 0.25) is 0 Å². The predicted octanol–water partition coefficient (Wildman–Crippen LogP) is 6.92. The number of benzene rings is 2. The molecule has 188 valence electrons. The van der Waals surface area contributed by atoms with E-state index in [-0.39, 0.29) is 29.5 Å². The summed E-state index contributed by atoms with van der Waals surface area (Å²) in [4.78, 5) is 26.1. The van der Waals surface area contributed by atoms with Gasteiger partial charge in [-0.2, -0.15) is 0 Å². The largest absolute Gasteiger partial charge is 0.513 e. The highest BCUT2D eigenvalue weighted by atomic mass is 19.1. The van der Waals surface area contributed by atoms with E-state index in [2.05, 4.69) is 0 Å². The van der Waals surface area contributed by atoms with Gasteiger partial charge in [0.05, 0.1) is 12.2 Å². The summed E-state index contributed by atoms with van der Waals surface area (Å²) in [7, 11) is 0. The van der Waals surface area contributed by atoms with Crippen molar-refractivity contribution < 1.29 is 32.9 Å². The molecule has 0 bridgehead atoms. The molecule has 0 unspecified atom stereocenters. The molecule has 1 heterocycles. The molecule has 1 aliphatic rings. The van der Waals surface area contributed by atoms with E-state index in [0.717, 1.165) is 11.1 Å². The number of hydrogen-bond donors (Lipinski definition) is 0. The summed E-state index contributed by atoms with van der Waals surface area (Å²) in [5.74, 6) is -0.356. The first kappa shape index (κ1) is 26.4. The van der Waals surface area contributed by atoms with Gasteiger partial charge < -0.3 is 18.9 Å². The zero-order valence-electron chi connectivity index (χ0n) is 21.4. The van der Waals surface area contributed by atoms with Gasteiger partial charge in [0, 0.05) is 0 Å². The Morgan fingerprint density at radius 1 is 1.03 bits per heavy atom. The Labute approximate surface area is 206 Å². The van der Waals surface area contributed by atoms with E-state index in [4.69, 9.17) is 18.9 Å². The van der Waals surface area contributed by atoms with Crippen molar-refractivity contribution in [2.75, 3.05) is 6.61 Å². The van der Waals surface area contributed by atoms with Gasteiger partial charge in [0.1, 0.15) is 17.0 Å². The third kappa shape index (κ3) is 5.73. The fraction of sp³-hybridized carbons (Fsp3) is 0.429. The van der Waals surface area contributed by atoms with E-state index >= 15 is 0 Å². The lowest BCUT2D eigenvalue weighted by Crippen LogP contribution is -2.50. The molecular formula is C28H33FO6. The molecule has 0 fully saturated rings. The highest BCUT2D eigenvalue weighted by Gasteiger charge is 2.49. The van der Waals surface area contributed by atoms with Crippen LogP contribution in [-0.4, -0.2) is 29.7 Å². The first-order valence-electron chi connectivity index (χ1n) is 11.8. The van der Waals surface area contributed by atoms with Crippen molar-refractivity contribution in [3.05, 3.63) is 64.7 Å². The fourth-order valence-electron chi connectivity index (χ4n) is 4.13. The van der Waals surface area contributed by atoms with Crippen molar-refractivity contribution in [2.24, 2.45) is 0 Å². The third-order valence-corrected chi connectivity index (χ3v) is 5.71. The van der Waals surface area contributed by atoms with Crippen LogP contribution in [0, 0.1) is 12.7 Å². The zero-order valence-corrected chi connectivity index (χ0v) is 21.4. The molecule has 0 atom stereocenters. The zero-order chi connectivity index (χ0) is 26.0. The van der Waals surface area contributed by atoms with Crippen LogP contribution in [0.25, 0.3) is 5.57 Å². The first-order chi connectivity index (χ1) is 16.4. The van der Waals surface area contributed by atoms with Crippen molar-refractivity contribution in [3.8, 4) is 11.5 Å². The smallest absolute Gasteiger partial charge is 0.454 e. The number of carbonyl (C=O) groups excluding carboxylic acids is 2. The highest BCUT2D eigenvalue weighted by Crippen LogP contribution is 2.43. The van der Waals surface area contributed by atoms with Gasteiger partial charge in [-0.3, -0.25) is 4.79 Å². The second-order valence-electron chi connectivity index (χ2n) is 9.56. The van der Waals surface area contributed by atoms with Crippen LogP contribution in [0.2, 0.25) is 0 Å². The monoisotopic (exact) mass is 484 g/mol. The van der Waals surface area contributed by atoms with Gasteiger partial charge in [-0.15, -0.1) is 0 Å². The number of ketones is 1. The minimum absolute atomic E-state index is 0.0660. The molecule has 0 N–H and O–H groups in total. The summed E-state index contributed by atoms with van der Waals surface area (Å²) >= 11 is 0. The molecule has 0 amide bonds. The van der Waals surface area contributed by atoms with Gasteiger partial charge >= 0.3 is 6.16 Å². The Hall–Kier alpha value is -3.19. The molecule has 0 saturated carbocycles. The Morgan fingerprint density at radius 3 is 2.37 bits per heavy atom. The quantitative estimate of drug-likeness (QED) is 0.397. The number of halogens is 1. The highest BCUT2D eigenvalue weighted by molar-refractivity contribution is 6.26. The summed E-state index contributed by atoms with van der Waals surface area (Å²) in [6.07, 6.45) is 0.318. The normalized spacial score (nSPS) is 16.7. The van der Waals surface area contributed by atoms with E-state index in [1.54, 1.807) is 58.9 Å². The molecule has 0 radical (unpaired) electrons. The van der Waals surface area contributed by atoms with Crippen LogP contribution in [-0.2, 0) is 25.4 Å². The Kier molecular flexibility index (Phi) is 7.70. The van der Waals surface area contributed by atoms with E-state index in [0.29, 0.717) is 24.2 Å². The molecule has 0 spiro atoms. The molecule has 6 nitrogen and oxygen atoms in total. The molecule has 0 aliphatic carbocycles. The fourth-order valence-corrected chi connectivity index (χ4v) is 4.13. The van der Waals surface area contributed by atoms with Crippen molar-refractivity contribution in [2.45, 2.75) is 72.5 Å². The summed E-state index contributed by atoms with van der Waals surface area (Å²) in [6.45, 7) is 12.6. The second-order valence-corrected chi connectivity index (χ2v) is 9.56. The average Bonchev–Trinajstić information content (AvgIpc) is 2.77. The van der Waals surface area contributed by atoms with E-state index < -0.39 is 23.2 Å². The van der Waals surface area contributed by atoms with Gasteiger partial charge in [0.25, 0.3) is 0 Å². The number of aryl methyl sites for hydroxylation is 2. The van der Waals surface area contributed by atoms with Crippen LogP contribution in [0.1, 0.15) is 64.7 Å². The number of ether oxygens (including phenoxy) is 4. The van der Waals surface area contributed by atoms with Crippen molar-refractivity contribution >= 4 is 17.5 Å². The average molecular weight is 485 g/mol. The van der Waals surface area contributed by atoms with Gasteiger partial charge in [-0.25, -0.2) is 9.18 Å². The molecule has 35 heavy (non-hydrogen) atoms. The van der Waals surface area contributed by atoms with Gasteiger partial charge in [-0.05, 0) is 88.4 Å². The predicted molar refractivity (Wildman–Crippen MR) is 131 cm³/mol. The summed E-state index contributed by atoms with van der Waals surface area (Å²) in [6, 6.07) is 9.91. The minimum atomic E-state index is -1.18. The Bertz CT molecular complexity index is 1160. The lowest BCUT2D eigenvalue weighted by molar-refractivity contribution is -0.159. The van der Waals surface area contributed by atoms with Crippen LogP contribution in [0.4, 0.5) is 9.18 Å². The van der Waals surface area contributed by atoms with E-state index in [1.807, 2.05) is 19.9 Å². The maximum absolute atomic E-state index is 14.4. The third-order valence-electron chi connectivity index (χ3n) is 5.71. The number of Topliss-reactive ketones (excluding diaryl/α,β-unsaturated/α-hetero) is 1. The van der Waals surface area contributed by atoms with Crippen LogP contribution >= 0.6 is 0 Å². The number of carbonyl (C=O) groups is 2. The van der Waals surface area contributed by atoms with Crippen LogP contribution in [0.15, 0.2) is 42.2 Å². The van der Waals surface area contributed by atoms with Crippen LogP contribution in [0.5, 0.6) is 11.5 Å². The number of rotatable bonds is 7. The van der Waals surface area contributed by atoms with Crippen molar-refractivity contribution in [1.82, 2.24) is 0 Å². The second kappa shape index (κ2) is 10.2. The Balaban J connectivity index is 2.17. The topological polar surface area (TPSA) is 71.1 Å². The standard InChI is InChI=1S/C28H33FO6/c1-8-14-32-26(31)34-25-23(24(30)27(4,5)35-28(25,6)7)20-16-19(12-11-18(20)9-2)33-22-13-10-17(3)15-21(22)29/h10-13,15-16H,8-9,14H2,1-7H3. The molecule has 0 saturated heterocycles. The van der Waals surface area contributed by atoms with E-state index in [9.17, 15) is 14.0 Å². The van der Waals surface area contributed by atoms with Crippen LogP contribution in [0.3, 0.4) is 0 Å². The summed E-state index contributed by atoms with van der Waals surface area (Å²) < 4.78 is 37.0. The first-order valence-corrected chi connectivity index (χ1v) is 11.8. The lowest BCUT2D eigenvalue weighted by atomic mass is 9.81. The summed E-state index contributed by atoms with van der Waals surface area (Å²) in [5.41, 5.74) is 0.0710. The maximum atomic E-state index is 14.4. The molecule has 2 aromatic carbocycles. The molecule has 2 aromatic rings. The molecular weight excluding hydrogens is 451 g/mol.